The van der Waals surface area contributed by atoms with Crippen molar-refractivity contribution in [3.05, 3.63) is 18.0 Å². The van der Waals surface area contributed by atoms with Gasteiger partial charge in [0.2, 0.25) is 5.95 Å². The minimum atomic E-state index is -0.432. The molecule has 3 aliphatic rings. The maximum absolute atomic E-state index is 12.6. The van der Waals surface area contributed by atoms with Crippen LogP contribution in [-0.4, -0.2) is 70.9 Å². The molecule has 0 spiro atoms. The van der Waals surface area contributed by atoms with E-state index >= 15 is 0 Å². The van der Waals surface area contributed by atoms with Crippen LogP contribution in [0.2, 0.25) is 0 Å². The second-order valence-electron chi connectivity index (χ2n) is 7.04. The highest BCUT2D eigenvalue weighted by Crippen LogP contribution is 2.46. The molecule has 0 unspecified atom stereocenters. The topological polar surface area (TPSA) is 78.8 Å². The van der Waals surface area contributed by atoms with Crippen molar-refractivity contribution in [2.45, 2.75) is 31.3 Å². The average molecular weight is 332 g/mol. The van der Waals surface area contributed by atoms with Gasteiger partial charge in [0.1, 0.15) is 0 Å². The highest BCUT2D eigenvalue weighted by Gasteiger charge is 2.48. The number of aliphatic hydroxyl groups is 1. The molecule has 24 heavy (non-hydrogen) atoms. The first-order valence-corrected chi connectivity index (χ1v) is 8.82. The van der Waals surface area contributed by atoms with Gasteiger partial charge in [0.05, 0.1) is 24.4 Å². The van der Waals surface area contributed by atoms with Crippen molar-refractivity contribution in [1.29, 1.82) is 0 Å². The molecule has 7 nitrogen and oxygen atoms in total. The summed E-state index contributed by atoms with van der Waals surface area (Å²) in [6, 6.07) is 0. The maximum Gasteiger partial charge on any atom is 0.256 e. The zero-order valence-electron chi connectivity index (χ0n) is 13.9. The van der Waals surface area contributed by atoms with Gasteiger partial charge in [-0.15, -0.1) is 0 Å². The molecule has 0 bridgehead atoms. The van der Waals surface area contributed by atoms with E-state index < -0.39 is 5.60 Å². The summed E-state index contributed by atoms with van der Waals surface area (Å²) in [6.45, 7) is 4.35. The number of piperidine rings is 1. The first-order valence-electron chi connectivity index (χ1n) is 8.82. The van der Waals surface area contributed by atoms with Crippen LogP contribution in [0.15, 0.2) is 12.4 Å². The molecule has 3 heterocycles. The minimum absolute atomic E-state index is 0.00948. The van der Waals surface area contributed by atoms with Gasteiger partial charge in [-0.05, 0) is 31.6 Å². The molecule has 3 fully saturated rings. The lowest BCUT2D eigenvalue weighted by Crippen LogP contribution is -2.42. The summed E-state index contributed by atoms with van der Waals surface area (Å²) in [5.41, 5.74) is 0.105. The number of rotatable bonds is 3. The number of carbonyl (C=O) groups excluding carboxylic acids is 1. The van der Waals surface area contributed by atoms with E-state index in [0.717, 1.165) is 38.8 Å². The summed E-state index contributed by atoms with van der Waals surface area (Å²) in [5, 5.41) is 10.2. The number of amides is 1. The van der Waals surface area contributed by atoms with Crippen molar-refractivity contribution in [3.63, 3.8) is 0 Å². The number of morpholine rings is 1. The number of hydrogen-bond donors (Lipinski definition) is 1. The van der Waals surface area contributed by atoms with E-state index in [9.17, 15) is 9.90 Å². The van der Waals surface area contributed by atoms with Crippen LogP contribution in [0.25, 0.3) is 0 Å². The second-order valence-corrected chi connectivity index (χ2v) is 7.04. The number of ether oxygens (including phenoxy) is 1. The van der Waals surface area contributed by atoms with E-state index in [1.807, 2.05) is 4.90 Å². The first kappa shape index (κ1) is 15.8. The summed E-state index contributed by atoms with van der Waals surface area (Å²) in [4.78, 5) is 25.2. The highest BCUT2D eigenvalue weighted by molar-refractivity contribution is 5.93. The van der Waals surface area contributed by atoms with Crippen LogP contribution in [0.3, 0.4) is 0 Å². The Morgan fingerprint density at radius 3 is 2.33 bits per heavy atom. The Kier molecular flexibility index (Phi) is 4.14. The van der Waals surface area contributed by atoms with Gasteiger partial charge in [-0.3, -0.25) is 4.79 Å². The molecule has 2 aliphatic heterocycles. The zero-order chi connectivity index (χ0) is 16.6. The molecule has 0 radical (unpaired) electrons. The zero-order valence-corrected chi connectivity index (χ0v) is 13.9. The van der Waals surface area contributed by atoms with Gasteiger partial charge < -0.3 is 19.6 Å². The van der Waals surface area contributed by atoms with Crippen molar-refractivity contribution >= 4 is 11.9 Å². The van der Waals surface area contributed by atoms with Crippen LogP contribution in [0.4, 0.5) is 5.95 Å². The van der Waals surface area contributed by atoms with Gasteiger partial charge >= 0.3 is 0 Å². The summed E-state index contributed by atoms with van der Waals surface area (Å²) in [7, 11) is 0. The number of aromatic nitrogens is 2. The van der Waals surface area contributed by atoms with E-state index in [2.05, 4.69) is 14.9 Å². The first-order chi connectivity index (χ1) is 11.7. The fraction of sp³-hybridized carbons (Fsp3) is 0.706. The third-order valence-electron chi connectivity index (χ3n) is 5.48. The van der Waals surface area contributed by atoms with Crippen molar-refractivity contribution in [3.8, 4) is 0 Å². The standard InChI is InChI=1S/C17H24N4O3/c22-15(20-5-1-14(2-6-20)17(23)3-4-17)13-11-18-16(19-12-13)21-7-9-24-10-8-21/h11-12,14,23H,1-10H2. The van der Waals surface area contributed by atoms with Crippen LogP contribution in [-0.2, 0) is 4.74 Å². The van der Waals surface area contributed by atoms with Crippen molar-refractivity contribution in [1.82, 2.24) is 14.9 Å². The quantitative estimate of drug-likeness (QED) is 0.877. The summed E-state index contributed by atoms with van der Waals surface area (Å²) in [6.07, 6.45) is 6.86. The predicted molar refractivity (Wildman–Crippen MR) is 87.9 cm³/mol. The van der Waals surface area contributed by atoms with Gasteiger partial charge in [0.15, 0.2) is 0 Å². The largest absolute Gasteiger partial charge is 0.390 e. The van der Waals surface area contributed by atoms with Crippen LogP contribution < -0.4 is 4.90 Å². The molecule has 4 rings (SSSR count). The number of anilines is 1. The van der Waals surface area contributed by atoms with E-state index in [4.69, 9.17) is 4.74 Å². The molecule has 2 saturated heterocycles. The Hall–Kier alpha value is -1.73. The van der Waals surface area contributed by atoms with Gasteiger partial charge in [-0.1, -0.05) is 0 Å². The van der Waals surface area contributed by atoms with Crippen LogP contribution >= 0.6 is 0 Å². The van der Waals surface area contributed by atoms with Crippen molar-refractivity contribution < 1.29 is 14.6 Å². The average Bonchev–Trinajstić information content (AvgIpc) is 3.41. The Bertz CT molecular complexity index is 588. The van der Waals surface area contributed by atoms with Gasteiger partial charge in [-0.2, -0.15) is 0 Å². The monoisotopic (exact) mass is 332 g/mol. The normalized spacial score (nSPS) is 24.0. The number of hydrogen-bond acceptors (Lipinski definition) is 6. The fourth-order valence-electron chi connectivity index (χ4n) is 3.70. The Labute approximate surface area is 141 Å². The lowest BCUT2D eigenvalue weighted by molar-refractivity contribution is 0.0340. The Morgan fingerprint density at radius 1 is 1.12 bits per heavy atom. The molecular formula is C17H24N4O3. The summed E-state index contributed by atoms with van der Waals surface area (Å²) < 4.78 is 5.32. The molecule has 130 valence electrons. The number of nitrogens with zero attached hydrogens (tertiary/aromatic N) is 4. The minimum Gasteiger partial charge on any atom is -0.390 e. The lowest BCUT2D eigenvalue weighted by atomic mass is 9.89. The predicted octanol–water partition coefficient (Wildman–Crippen LogP) is 0.690. The van der Waals surface area contributed by atoms with E-state index in [-0.39, 0.29) is 5.91 Å². The third-order valence-corrected chi connectivity index (χ3v) is 5.48. The van der Waals surface area contributed by atoms with E-state index in [1.54, 1.807) is 12.4 Å². The molecule has 1 aromatic rings. The van der Waals surface area contributed by atoms with Gasteiger partial charge in [0, 0.05) is 38.6 Å². The lowest BCUT2D eigenvalue weighted by Gasteiger charge is -2.34. The van der Waals surface area contributed by atoms with Crippen LogP contribution in [0.5, 0.6) is 0 Å². The molecule has 1 amide bonds. The van der Waals surface area contributed by atoms with Crippen LogP contribution in [0, 0.1) is 5.92 Å². The molecule has 1 aromatic heterocycles. The molecule has 7 heteroatoms. The smallest absolute Gasteiger partial charge is 0.256 e. The Morgan fingerprint density at radius 2 is 1.75 bits per heavy atom. The third kappa shape index (κ3) is 3.10. The second kappa shape index (κ2) is 6.29. The van der Waals surface area contributed by atoms with Gasteiger partial charge in [0.25, 0.3) is 5.91 Å². The molecule has 0 aromatic carbocycles. The molecule has 1 saturated carbocycles. The van der Waals surface area contributed by atoms with E-state index in [1.165, 1.54) is 0 Å². The molecule has 0 atom stereocenters. The van der Waals surface area contributed by atoms with Crippen molar-refractivity contribution in [2.75, 3.05) is 44.3 Å². The van der Waals surface area contributed by atoms with E-state index in [0.29, 0.717) is 43.7 Å². The maximum atomic E-state index is 12.6. The number of carbonyl (C=O) groups is 1. The van der Waals surface area contributed by atoms with Crippen LogP contribution in [0.1, 0.15) is 36.0 Å². The molecule has 1 aliphatic carbocycles. The summed E-state index contributed by atoms with van der Waals surface area (Å²) >= 11 is 0. The SMILES string of the molecule is O=C(c1cnc(N2CCOCC2)nc1)N1CCC(C2(O)CC2)CC1. The molecular weight excluding hydrogens is 308 g/mol. The number of likely N-dealkylation sites (tertiary alicyclic amines) is 1. The van der Waals surface area contributed by atoms with Crippen molar-refractivity contribution in [2.24, 2.45) is 5.92 Å². The molecule has 1 N–H and O–H groups in total. The fourth-order valence-corrected chi connectivity index (χ4v) is 3.70. The van der Waals surface area contributed by atoms with Gasteiger partial charge in [-0.25, -0.2) is 9.97 Å². The highest BCUT2D eigenvalue weighted by atomic mass is 16.5. The summed E-state index contributed by atoms with van der Waals surface area (Å²) in [5.74, 6) is 0.996. The Balaban J connectivity index is 1.36.